The molecule has 8 nitrogen and oxygen atoms in total. The molecule has 0 bridgehead atoms. The number of rotatable bonds is 8. The molecule has 134 valence electrons. The van der Waals surface area contributed by atoms with Crippen molar-refractivity contribution < 1.29 is 28.5 Å². The summed E-state index contributed by atoms with van der Waals surface area (Å²) in [7, 11) is 2.98. The van der Waals surface area contributed by atoms with Gasteiger partial charge < -0.3 is 23.7 Å². The molecule has 0 amide bonds. The third-order valence-electron chi connectivity index (χ3n) is 2.83. The van der Waals surface area contributed by atoms with E-state index in [1.807, 2.05) is 0 Å². The number of methoxy groups -OCH3 is 2. The van der Waals surface area contributed by atoms with Gasteiger partial charge in [-0.05, 0) is 38.1 Å². The predicted octanol–water partition coefficient (Wildman–Crippen LogP) is 2.62. The maximum atomic E-state index is 11.4. The first-order valence-corrected chi connectivity index (χ1v) is 7.57. The molecule has 25 heavy (non-hydrogen) atoms. The van der Waals surface area contributed by atoms with Crippen LogP contribution in [0.1, 0.15) is 13.8 Å². The quantitative estimate of drug-likeness (QED) is 0.673. The van der Waals surface area contributed by atoms with E-state index in [2.05, 4.69) is 9.97 Å². The van der Waals surface area contributed by atoms with E-state index in [0.717, 1.165) is 0 Å². The van der Waals surface area contributed by atoms with E-state index in [9.17, 15) is 4.79 Å². The molecule has 0 atom stereocenters. The van der Waals surface area contributed by atoms with Crippen LogP contribution in [0.3, 0.4) is 0 Å². The van der Waals surface area contributed by atoms with E-state index < -0.39 is 5.97 Å². The summed E-state index contributed by atoms with van der Waals surface area (Å²) in [6, 6.07) is 8.28. The van der Waals surface area contributed by atoms with E-state index in [1.165, 1.54) is 14.2 Å². The second-order valence-electron chi connectivity index (χ2n) is 5.14. The van der Waals surface area contributed by atoms with Gasteiger partial charge in [0.1, 0.15) is 11.5 Å². The second kappa shape index (κ2) is 8.72. The Hall–Kier alpha value is -3.03. The molecule has 0 saturated carbocycles. The molecule has 0 aliphatic rings. The van der Waals surface area contributed by atoms with Crippen molar-refractivity contribution in [2.24, 2.45) is 0 Å². The van der Waals surface area contributed by atoms with Gasteiger partial charge in [0.15, 0.2) is 6.61 Å². The number of hydrogen-bond acceptors (Lipinski definition) is 8. The number of hydrogen-bond donors (Lipinski definition) is 0. The second-order valence-corrected chi connectivity index (χ2v) is 5.14. The number of benzene rings is 1. The van der Waals surface area contributed by atoms with Crippen molar-refractivity contribution in [3.05, 3.63) is 30.3 Å². The van der Waals surface area contributed by atoms with E-state index in [4.69, 9.17) is 23.7 Å². The number of ether oxygens (including phenoxy) is 5. The molecule has 1 heterocycles. The van der Waals surface area contributed by atoms with Crippen LogP contribution in [0.15, 0.2) is 30.3 Å². The van der Waals surface area contributed by atoms with E-state index in [0.29, 0.717) is 23.3 Å². The van der Waals surface area contributed by atoms with Crippen molar-refractivity contribution in [3.63, 3.8) is 0 Å². The lowest BCUT2D eigenvalue weighted by atomic mass is 10.3. The number of carbonyl (C=O) groups is 1. The Morgan fingerprint density at radius 3 is 2.08 bits per heavy atom. The molecular formula is C17H20N2O6. The standard InChI is InChI=1S/C17H20N2O6/c1-11(2)24-16(20)10-23-12-5-7-13(8-6-12)25-17-18-14(21-3)9-15(19-17)22-4/h5-9,11H,10H2,1-4H3. The average molecular weight is 348 g/mol. The molecule has 1 aromatic carbocycles. The van der Waals surface area contributed by atoms with Crippen molar-refractivity contribution in [2.75, 3.05) is 20.8 Å². The minimum atomic E-state index is -0.424. The zero-order chi connectivity index (χ0) is 18.2. The minimum Gasteiger partial charge on any atom is -0.482 e. The average Bonchev–Trinajstić information content (AvgIpc) is 2.60. The Bertz CT molecular complexity index is 681. The Morgan fingerprint density at radius 1 is 1.00 bits per heavy atom. The fourth-order valence-electron chi connectivity index (χ4n) is 1.79. The van der Waals surface area contributed by atoms with Crippen LogP contribution in [0.4, 0.5) is 0 Å². The van der Waals surface area contributed by atoms with Crippen molar-refractivity contribution in [1.29, 1.82) is 0 Å². The zero-order valence-electron chi connectivity index (χ0n) is 14.5. The van der Waals surface area contributed by atoms with Crippen LogP contribution in [-0.4, -0.2) is 42.9 Å². The molecule has 0 fully saturated rings. The number of esters is 1. The third kappa shape index (κ3) is 5.83. The highest BCUT2D eigenvalue weighted by atomic mass is 16.6. The molecule has 1 aromatic heterocycles. The predicted molar refractivity (Wildman–Crippen MR) is 88.4 cm³/mol. The molecule has 2 aromatic rings. The number of nitrogens with zero attached hydrogens (tertiary/aromatic N) is 2. The van der Waals surface area contributed by atoms with Crippen molar-refractivity contribution in [1.82, 2.24) is 9.97 Å². The van der Waals surface area contributed by atoms with Crippen LogP contribution in [-0.2, 0) is 9.53 Å². The number of aromatic nitrogens is 2. The topological polar surface area (TPSA) is 89.0 Å². The maximum Gasteiger partial charge on any atom is 0.344 e. The van der Waals surface area contributed by atoms with Crippen LogP contribution in [0, 0.1) is 0 Å². The lowest BCUT2D eigenvalue weighted by Gasteiger charge is -2.10. The summed E-state index contributed by atoms with van der Waals surface area (Å²) in [6.07, 6.45) is -0.174. The molecule has 8 heteroatoms. The van der Waals surface area contributed by atoms with Gasteiger partial charge in [-0.3, -0.25) is 0 Å². The van der Waals surface area contributed by atoms with Crippen molar-refractivity contribution in [3.8, 4) is 29.3 Å². The van der Waals surface area contributed by atoms with Gasteiger partial charge >= 0.3 is 12.0 Å². The van der Waals surface area contributed by atoms with Crippen molar-refractivity contribution >= 4 is 5.97 Å². The molecule has 2 rings (SSSR count). The van der Waals surface area contributed by atoms with Crippen LogP contribution in [0.25, 0.3) is 0 Å². The summed E-state index contributed by atoms with van der Waals surface area (Å²) in [4.78, 5) is 19.6. The lowest BCUT2D eigenvalue weighted by Crippen LogP contribution is -2.18. The molecule has 0 aliphatic heterocycles. The fourth-order valence-corrected chi connectivity index (χ4v) is 1.79. The summed E-state index contributed by atoms with van der Waals surface area (Å²) >= 11 is 0. The normalized spacial score (nSPS) is 10.3. The highest BCUT2D eigenvalue weighted by molar-refractivity contribution is 5.71. The molecule has 0 aliphatic carbocycles. The first kappa shape index (κ1) is 18.3. The summed E-state index contributed by atoms with van der Waals surface area (Å²) in [6.45, 7) is 3.40. The smallest absolute Gasteiger partial charge is 0.344 e. The van der Waals surface area contributed by atoms with Gasteiger partial charge in [-0.25, -0.2) is 4.79 Å². The van der Waals surface area contributed by atoms with Crippen LogP contribution in [0.5, 0.6) is 29.3 Å². The van der Waals surface area contributed by atoms with E-state index in [1.54, 1.807) is 44.2 Å². The van der Waals surface area contributed by atoms with Gasteiger partial charge in [0.2, 0.25) is 11.8 Å². The Kier molecular flexibility index (Phi) is 6.39. The van der Waals surface area contributed by atoms with E-state index >= 15 is 0 Å². The Balaban J connectivity index is 1.97. The highest BCUT2D eigenvalue weighted by Crippen LogP contribution is 2.25. The zero-order valence-corrected chi connectivity index (χ0v) is 14.5. The highest BCUT2D eigenvalue weighted by Gasteiger charge is 2.09. The molecule has 0 radical (unpaired) electrons. The third-order valence-corrected chi connectivity index (χ3v) is 2.83. The van der Waals surface area contributed by atoms with E-state index in [-0.39, 0.29) is 18.7 Å². The SMILES string of the molecule is COc1cc(OC)nc(Oc2ccc(OCC(=O)OC(C)C)cc2)n1. The molecule has 0 N–H and O–H groups in total. The Labute approximate surface area is 145 Å². The van der Waals surface area contributed by atoms with Gasteiger partial charge in [0.25, 0.3) is 0 Å². The first-order valence-electron chi connectivity index (χ1n) is 7.57. The minimum absolute atomic E-state index is 0.0883. The van der Waals surface area contributed by atoms with Gasteiger partial charge in [-0.15, -0.1) is 0 Å². The molecule has 0 unspecified atom stereocenters. The largest absolute Gasteiger partial charge is 0.482 e. The molecule has 0 spiro atoms. The lowest BCUT2D eigenvalue weighted by molar-refractivity contribution is -0.149. The van der Waals surface area contributed by atoms with Gasteiger partial charge in [0.05, 0.1) is 26.4 Å². The maximum absolute atomic E-state index is 11.4. The summed E-state index contributed by atoms with van der Waals surface area (Å²) < 4.78 is 26.0. The fraction of sp³-hybridized carbons (Fsp3) is 0.353. The molecular weight excluding hydrogens is 328 g/mol. The van der Waals surface area contributed by atoms with Crippen molar-refractivity contribution in [2.45, 2.75) is 20.0 Å². The summed E-state index contributed by atoms with van der Waals surface area (Å²) in [5, 5.41) is 0. The monoisotopic (exact) mass is 348 g/mol. The van der Waals surface area contributed by atoms with Gasteiger partial charge in [-0.1, -0.05) is 0 Å². The first-order chi connectivity index (χ1) is 12.0. The van der Waals surface area contributed by atoms with Gasteiger partial charge in [-0.2, -0.15) is 9.97 Å². The number of carbonyl (C=O) groups excluding carboxylic acids is 1. The van der Waals surface area contributed by atoms with Crippen LogP contribution >= 0.6 is 0 Å². The summed E-state index contributed by atoms with van der Waals surface area (Å²) in [5.74, 6) is 1.23. The van der Waals surface area contributed by atoms with Crippen LogP contribution < -0.4 is 18.9 Å². The van der Waals surface area contributed by atoms with Crippen LogP contribution in [0.2, 0.25) is 0 Å². The Morgan fingerprint density at radius 2 is 1.56 bits per heavy atom. The molecule has 0 saturated heterocycles. The van der Waals surface area contributed by atoms with Gasteiger partial charge in [0, 0.05) is 0 Å². The summed E-state index contributed by atoms with van der Waals surface area (Å²) in [5.41, 5.74) is 0.